The summed E-state index contributed by atoms with van der Waals surface area (Å²) < 4.78 is 5.59. The van der Waals surface area contributed by atoms with Crippen molar-refractivity contribution in [2.75, 3.05) is 33.8 Å². The Bertz CT molecular complexity index is 227. The number of nitrogens with zero attached hydrogens (tertiary/aromatic N) is 1. The lowest BCUT2D eigenvalue weighted by Crippen LogP contribution is -2.44. The summed E-state index contributed by atoms with van der Waals surface area (Å²) in [6.07, 6.45) is 9.82. The molecule has 0 spiro atoms. The molecule has 3 heteroatoms. The molecule has 0 aromatic heterocycles. The summed E-state index contributed by atoms with van der Waals surface area (Å²) in [5.74, 6) is 0.943. The van der Waals surface area contributed by atoms with Crippen LogP contribution in [0.1, 0.15) is 44.9 Å². The van der Waals surface area contributed by atoms with Crippen LogP contribution in [-0.4, -0.2) is 50.8 Å². The maximum atomic E-state index is 5.59. The molecule has 2 atom stereocenters. The fourth-order valence-corrected chi connectivity index (χ4v) is 3.44. The summed E-state index contributed by atoms with van der Waals surface area (Å²) in [6.45, 7) is 3.75. The molecule has 1 N–H and O–H groups in total. The van der Waals surface area contributed by atoms with Crippen LogP contribution in [0.5, 0.6) is 0 Å². The molecule has 0 aromatic carbocycles. The lowest BCUT2D eigenvalue weighted by molar-refractivity contribution is 0.0412. The maximum absolute atomic E-state index is 5.59. The van der Waals surface area contributed by atoms with Crippen molar-refractivity contribution in [1.29, 1.82) is 0 Å². The Balaban J connectivity index is 1.62. The van der Waals surface area contributed by atoms with Gasteiger partial charge >= 0.3 is 0 Å². The van der Waals surface area contributed by atoms with E-state index in [4.69, 9.17) is 4.74 Å². The van der Waals surface area contributed by atoms with Crippen LogP contribution in [0.3, 0.4) is 0 Å². The lowest BCUT2D eigenvalue weighted by atomic mass is 9.91. The zero-order valence-corrected chi connectivity index (χ0v) is 12.2. The van der Waals surface area contributed by atoms with Crippen LogP contribution in [0.15, 0.2) is 0 Å². The number of piperidine rings is 1. The number of hydrogen-bond donors (Lipinski definition) is 1. The molecular formula is C15H30N2O. The monoisotopic (exact) mass is 254 g/mol. The average molecular weight is 254 g/mol. The highest BCUT2D eigenvalue weighted by Crippen LogP contribution is 2.22. The molecule has 2 fully saturated rings. The zero-order valence-electron chi connectivity index (χ0n) is 12.2. The highest BCUT2D eigenvalue weighted by Gasteiger charge is 2.24. The zero-order chi connectivity index (χ0) is 12.8. The summed E-state index contributed by atoms with van der Waals surface area (Å²) in [5, 5.41) is 3.74. The maximum Gasteiger partial charge on any atom is 0.0724 e. The third-order valence-electron chi connectivity index (χ3n) is 4.80. The first-order valence-electron chi connectivity index (χ1n) is 7.74. The highest BCUT2D eigenvalue weighted by atomic mass is 16.5. The van der Waals surface area contributed by atoms with Gasteiger partial charge < -0.3 is 15.0 Å². The summed E-state index contributed by atoms with van der Waals surface area (Å²) in [5.41, 5.74) is 0. The van der Waals surface area contributed by atoms with Gasteiger partial charge in [-0.2, -0.15) is 0 Å². The second-order valence-corrected chi connectivity index (χ2v) is 6.15. The predicted molar refractivity (Wildman–Crippen MR) is 75.9 cm³/mol. The Morgan fingerprint density at radius 2 is 1.83 bits per heavy atom. The van der Waals surface area contributed by atoms with Crippen molar-refractivity contribution >= 4 is 0 Å². The van der Waals surface area contributed by atoms with Crippen molar-refractivity contribution in [1.82, 2.24) is 10.2 Å². The van der Waals surface area contributed by atoms with E-state index in [-0.39, 0.29) is 0 Å². The second-order valence-electron chi connectivity index (χ2n) is 6.15. The fourth-order valence-electron chi connectivity index (χ4n) is 3.44. The van der Waals surface area contributed by atoms with Crippen LogP contribution in [0.4, 0.5) is 0 Å². The van der Waals surface area contributed by atoms with Crippen LogP contribution in [0, 0.1) is 5.92 Å². The van der Waals surface area contributed by atoms with Gasteiger partial charge in [0, 0.05) is 13.2 Å². The van der Waals surface area contributed by atoms with Gasteiger partial charge in [0.1, 0.15) is 0 Å². The van der Waals surface area contributed by atoms with E-state index in [1.165, 1.54) is 64.6 Å². The summed E-state index contributed by atoms with van der Waals surface area (Å²) in [6, 6.07) is 0.606. The number of rotatable bonds is 5. The van der Waals surface area contributed by atoms with Crippen LogP contribution in [0.25, 0.3) is 0 Å². The normalized spacial score (nSPS) is 31.7. The van der Waals surface area contributed by atoms with Crippen molar-refractivity contribution in [3.63, 3.8) is 0 Å². The molecule has 2 unspecified atom stereocenters. The van der Waals surface area contributed by atoms with Crippen molar-refractivity contribution < 1.29 is 4.74 Å². The van der Waals surface area contributed by atoms with Gasteiger partial charge in [-0.05, 0) is 64.7 Å². The van der Waals surface area contributed by atoms with Crippen LogP contribution >= 0.6 is 0 Å². The standard InChI is InChI=1S/C15H30N2O/c1-17-11-8-13(9-12-17)7-10-16-14-5-3-4-6-15(14)18-2/h13-16H,3-12H2,1-2H3. The largest absolute Gasteiger partial charge is 0.380 e. The Labute approximate surface area is 112 Å². The van der Waals surface area contributed by atoms with E-state index in [2.05, 4.69) is 17.3 Å². The molecule has 0 amide bonds. The van der Waals surface area contributed by atoms with Gasteiger partial charge in [-0.1, -0.05) is 12.8 Å². The molecule has 1 saturated carbocycles. The first-order valence-corrected chi connectivity index (χ1v) is 7.74. The first kappa shape index (κ1) is 14.3. The molecule has 1 aliphatic carbocycles. The van der Waals surface area contributed by atoms with Gasteiger partial charge in [0.05, 0.1) is 6.10 Å². The fraction of sp³-hybridized carbons (Fsp3) is 1.00. The third kappa shape index (κ3) is 4.22. The van der Waals surface area contributed by atoms with Crippen molar-refractivity contribution in [2.45, 2.75) is 57.1 Å². The van der Waals surface area contributed by atoms with Crippen LogP contribution in [-0.2, 0) is 4.74 Å². The van der Waals surface area contributed by atoms with Crippen LogP contribution < -0.4 is 5.32 Å². The molecule has 0 aromatic rings. The molecule has 1 heterocycles. The summed E-state index contributed by atoms with van der Waals surface area (Å²) >= 11 is 0. The van der Waals surface area contributed by atoms with E-state index in [1.807, 2.05) is 7.11 Å². The molecule has 18 heavy (non-hydrogen) atoms. The Hall–Kier alpha value is -0.120. The van der Waals surface area contributed by atoms with E-state index >= 15 is 0 Å². The average Bonchev–Trinajstić information content (AvgIpc) is 2.41. The van der Waals surface area contributed by atoms with E-state index < -0.39 is 0 Å². The van der Waals surface area contributed by atoms with Gasteiger partial charge in [0.2, 0.25) is 0 Å². The number of ether oxygens (including phenoxy) is 1. The Morgan fingerprint density at radius 3 is 2.56 bits per heavy atom. The Kier molecular flexibility index (Phi) is 5.93. The SMILES string of the molecule is COC1CCCCC1NCCC1CCN(C)CC1. The lowest BCUT2D eigenvalue weighted by Gasteiger charge is -2.33. The predicted octanol–water partition coefficient (Wildman–Crippen LogP) is 2.27. The molecule has 0 radical (unpaired) electrons. The van der Waals surface area contributed by atoms with Gasteiger partial charge in [0.15, 0.2) is 0 Å². The minimum absolute atomic E-state index is 0.455. The summed E-state index contributed by atoms with van der Waals surface area (Å²) in [7, 11) is 4.10. The van der Waals surface area contributed by atoms with Gasteiger partial charge in [0.25, 0.3) is 0 Å². The second kappa shape index (κ2) is 7.46. The highest BCUT2D eigenvalue weighted by molar-refractivity contribution is 4.82. The van der Waals surface area contributed by atoms with Gasteiger partial charge in [-0.15, -0.1) is 0 Å². The number of nitrogens with one attached hydrogen (secondary N) is 1. The Morgan fingerprint density at radius 1 is 1.11 bits per heavy atom. The van der Waals surface area contributed by atoms with E-state index in [0.717, 1.165) is 5.92 Å². The molecular weight excluding hydrogens is 224 g/mol. The van der Waals surface area contributed by atoms with E-state index in [0.29, 0.717) is 12.1 Å². The first-order chi connectivity index (χ1) is 8.79. The number of likely N-dealkylation sites (tertiary alicyclic amines) is 1. The topological polar surface area (TPSA) is 24.5 Å². The third-order valence-corrected chi connectivity index (χ3v) is 4.80. The minimum Gasteiger partial charge on any atom is -0.380 e. The van der Waals surface area contributed by atoms with Crippen molar-refractivity contribution in [3.05, 3.63) is 0 Å². The van der Waals surface area contributed by atoms with Crippen molar-refractivity contribution in [2.24, 2.45) is 5.92 Å². The molecule has 3 nitrogen and oxygen atoms in total. The minimum atomic E-state index is 0.455. The summed E-state index contributed by atoms with van der Waals surface area (Å²) in [4.78, 5) is 2.45. The molecule has 1 aliphatic heterocycles. The van der Waals surface area contributed by atoms with Crippen LogP contribution in [0.2, 0.25) is 0 Å². The molecule has 106 valence electrons. The number of hydrogen-bond acceptors (Lipinski definition) is 3. The van der Waals surface area contributed by atoms with E-state index in [9.17, 15) is 0 Å². The molecule has 2 rings (SSSR count). The molecule has 1 saturated heterocycles. The van der Waals surface area contributed by atoms with Gasteiger partial charge in [-0.3, -0.25) is 0 Å². The molecule has 0 bridgehead atoms. The molecule has 2 aliphatic rings. The number of methoxy groups -OCH3 is 1. The van der Waals surface area contributed by atoms with E-state index in [1.54, 1.807) is 0 Å². The van der Waals surface area contributed by atoms with Gasteiger partial charge in [-0.25, -0.2) is 0 Å². The van der Waals surface area contributed by atoms with Crippen molar-refractivity contribution in [3.8, 4) is 0 Å². The smallest absolute Gasteiger partial charge is 0.0724 e. The quantitative estimate of drug-likeness (QED) is 0.814.